The van der Waals surface area contributed by atoms with E-state index in [4.69, 9.17) is 26.8 Å². The van der Waals surface area contributed by atoms with Crippen molar-refractivity contribution >= 4 is 34.3 Å². The van der Waals surface area contributed by atoms with Crippen LogP contribution < -0.4 is 15.2 Å². The van der Waals surface area contributed by atoms with Crippen LogP contribution in [0.5, 0.6) is 11.5 Å². The van der Waals surface area contributed by atoms with Gasteiger partial charge in [-0.1, -0.05) is 24.9 Å². The molecule has 0 aliphatic carbocycles. The molecule has 7 nitrogen and oxygen atoms in total. The minimum atomic E-state index is -0.623. The Morgan fingerprint density at radius 3 is 2.62 bits per heavy atom. The fraction of sp³-hybridized carbons (Fsp3) is 0.286. The predicted molar refractivity (Wildman–Crippen MR) is 109 cm³/mol. The van der Waals surface area contributed by atoms with Gasteiger partial charge < -0.3 is 19.8 Å². The minimum absolute atomic E-state index is 0.0531. The van der Waals surface area contributed by atoms with Gasteiger partial charge in [-0.15, -0.1) is 0 Å². The second kappa shape index (κ2) is 7.40. The van der Waals surface area contributed by atoms with Gasteiger partial charge in [0.1, 0.15) is 11.3 Å². The molecular formula is C21H20ClN3O4. The number of hydrogen-bond donors (Lipinski definition) is 1. The maximum absolute atomic E-state index is 12.5. The van der Waals surface area contributed by atoms with E-state index in [1.165, 1.54) is 6.92 Å². The maximum atomic E-state index is 12.5. The Hall–Kier alpha value is -3.06. The number of nitrogens with two attached hydrogens (primary N) is 1. The van der Waals surface area contributed by atoms with Gasteiger partial charge in [0.15, 0.2) is 17.3 Å². The maximum Gasteiger partial charge on any atom is 0.267 e. The monoisotopic (exact) mass is 413 g/mol. The van der Waals surface area contributed by atoms with Crippen molar-refractivity contribution in [2.75, 3.05) is 6.79 Å². The number of aromatic nitrogens is 2. The minimum Gasteiger partial charge on any atom is -0.454 e. The standard InChI is InChI=1S/C21H20ClN3O4/c1-3-4-16-19(11(2)26)13-5-6-15(20(23)27)24-21(13)25(16)9-12-7-17-18(8-14(12)22)29-10-28-17/h5-8H,3-4,9-10H2,1-2H3,(H2,23,27). The number of halogens is 1. The van der Waals surface area contributed by atoms with Crippen LogP contribution >= 0.6 is 11.6 Å². The molecule has 0 bridgehead atoms. The van der Waals surface area contributed by atoms with Crippen LogP contribution in [-0.2, 0) is 13.0 Å². The number of rotatable bonds is 6. The highest BCUT2D eigenvalue weighted by atomic mass is 35.5. The summed E-state index contributed by atoms with van der Waals surface area (Å²) in [7, 11) is 0. The average Bonchev–Trinajstić information content (AvgIpc) is 3.24. The summed E-state index contributed by atoms with van der Waals surface area (Å²) in [5.74, 6) is 0.545. The number of amides is 1. The van der Waals surface area contributed by atoms with Crippen molar-refractivity contribution in [2.45, 2.75) is 33.2 Å². The highest BCUT2D eigenvalue weighted by Gasteiger charge is 2.23. The lowest BCUT2D eigenvalue weighted by molar-refractivity contribution is 0.0993. The van der Waals surface area contributed by atoms with Gasteiger partial charge in [0, 0.05) is 27.7 Å². The molecule has 2 N–H and O–H groups in total. The van der Waals surface area contributed by atoms with Crippen molar-refractivity contribution in [3.8, 4) is 11.5 Å². The molecular weight excluding hydrogens is 394 g/mol. The number of hydrogen-bond acceptors (Lipinski definition) is 5. The van der Waals surface area contributed by atoms with E-state index in [1.807, 2.05) is 17.6 Å². The van der Waals surface area contributed by atoms with Gasteiger partial charge in [-0.2, -0.15) is 0 Å². The van der Waals surface area contributed by atoms with Gasteiger partial charge in [-0.05, 0) is 37.1 Å². The summed E-state index contributed by atoms with van der Waals surface area (Å²) in [5.41, 5.74) is 8.37. The molecule has 150 valence electrons. The number of ketones is 1. The molecule has 0 unspecified atom stereocenters. The van der Waals surface area contributed by atoms with Crippen LogP contribution in [-0.4, -0.2) is 28.0 Å². The van der Waals surface area contributed by atoms with E-state index in [-0.39, 0.29) is 18.3 Å². The molecule has 1 aromatic carbocycles. The number of Topliss-reactive ketones (excluding diaryl/α,β-unsaturated/α-hetero) is 1. The van der Waals surface area contributed by atoms with Gasteiger partial charge >= 0.3 is 0 Å². The first-order valence-corrected chi connectivity index (χ1v) is 9.69. The largest absolute Gasteiger partial charge is 0.454 e. The van der Waals surface area contributed by atoms with Crippen LogP contribution in [0.15, 0.2) is 24.3 Å². The fourth-order valence-corrected chi connectivity index (χ4v) is 3.93. The molecule has 1 amide bonds. The first-order valence-electron chi connectivity index (χ1n) is 9.31. The Kier molecular flexibility index (Phi) is 4.92. The van der Waals surface area contributed by atoms with E-state index < -0.39 is 5.91 Å². The lowest BCUT2D eigenvalue weighted by Crippen LogP contribution is -2.14. The quantitative estimate of drug-likeness (QED) is 0.621. The Labute approximate surface area is 172 Å². The zero-order chi connectivity index (χ0) is 20.7. The van der Waals surface area contributed by atoms with Crippen molar-refractivity contribution < 1.29 is 19.1 Å². The third-order valence-electron chi connectivity index (χ3n) is 4.98. The van der Waals surface area contributed by atoms with Crippen molar-refractivity contribution in [1.82, 2.24) is 9.55 Å². The highest BCUT2D eigenvalue weighted by molar-refractivity contribution is 6.31. The lowest BCUT2D eigenvalue weighted by Gasteiger charge is -2.13. The van der Waals surface area contributed by atoms with E-state index in [0.29, 0.717) is 46.1 Å². The van der Waals surface area contributed by atoms with Crippen LogP contribution in [0.4, 0.5) is 0 Å². The number of nitrogens with zero attached hydrogens (tertiary/aromatic N) is 2. The van der Waals surface area contributed by atoms with Crippen LogP contribution in [0, 0.1) is 0 Å². The van der Waals surface area contributed by atoms with Crippen molar-refractivity contribution in [3.63, 3.8) is 0 Å². The molecule has 3 aromatic rings. The molecule has 0 saturated carbocycles. The first kappa shape index (κ1) is 19.3. The number of pyridine rings is 1. The number of benzene rings is 1. The van der Waals surface area contributed by atoms with Gasteiger partial charge in [0.25, 0.3) is 5.91 Å². The van der Waals surface area contributed by atoms with Crippen LogP contribution in [0.25, 0.3) is 11.0 Å². The number of ether oxygens (including phenoxy) is 2. The van der Waals surface area contributed by atoms with E-state index in [1.54, 1.807) is 18.2 Å². The predicted octanol–water partition coefficient (Wildman–Crippen LogP) is 3.72. The molecule has 0 spiro atoms. The summed E-state index contributed by atoms with van der Waals surface area (Å²) in [6.45, 7) is 4.10. The van der Waals surface area contributed by atoms with Gasteiger partial charge in [0.2, 0.25) is 6.79 Å². The van der Waals surface area contributed by atoms with Crippen molar-refractivity contribution in [3.05, 3.63) is 51.8 Å². The van der Waals surface area contributed by atoms with Crippen molar-refractivity contribution in [1.29, 1.82) is 0 Å². The molecule has 0 radical (unpaired) electrons. The van der Waals surface area contributed by atoms with Crippen LogP contribution in [0.2, 0.25) is 5.02 Å². The number of carbonyl (C=O) groups excluding carboxylic acids is 2. The molecule has 1 aliphatic heterocycles. The molecule has 4 rings (SSSR count). The third kappa shape index (κ3) is 3.31. The molecule has 8 heteroatoms. The van der Waals surface area contributed by atoms with Crippen LogP contribution in [0.1, 0.15) is 52.4 Å². The highest BCUT2D eigenvalue weighted by Crippen LogP contribution is 2.38. The van der Waals surface area contributed by atoms with Gasteiger partial charge in [-0.3, -0.25) is 9.59 Å². The van der Waals surface area contributed by atoms with E-state index in [9.17, 15) is 9.59 Å². The van der Waals surface area contributed by atoms with Gasteiger partial charge in [0.05, 0.1) is 6.54 Å². The van der Waals surface area contributed by atoms with E-state index in [0.717, 1.165) is 17.7 Å². The molecule has 0 saturated heterocycles. The summed E-state index contributed by atoms with van der Waals surface area (Å²) in [6.07, 6.45) is 1.52. The summed E-state index contributed by atoms with van der Waals surface area (Å²) in [5, 5.41) is 1.22. The average molecular weight is 414 g/mol. The van der Waals surface area contributed by atoms with E-state index >= 15 is 0 Å². The van der Waals surface area contributed by atoms with Crippen molar-refractivity contribution in [2.24, 2.45) is 5.73 Å². The molecule has 2 aromatic heterocycles. The van der Waals surface area contributed by atoms with Gasteiger partial charge in [-0.25, -0.2) is 4.98 Å². The van der Waals surface area contributed by atoms with Crippen LogP contribution in [0.3, 0.4) is 0 Å². The fourth-order valence-electron chi connectivity index (χ4n) is 3.72. The SMILES string of the molecule is CCCc1c(C(C)=O)c2ccc(C(N)=O)nc2n1Cc1cc2c(cc1Cl)OCO2. The Morgan fingerprint density at radius 2 is 1.97 bits per heavy atom. The van der Waals surface area contributed by atoms with E-state index in [2.05, 4.69) is 4.98 Å². The summed E-state index contributed by atoms with van der Waals surface area (Å²) in [4.78, 5) is 28.6. The first-order chi connectivity index (χ1) is 13.9. The second-order valence-corrected chi connectivity index (χ2v) is 7.35. The zero-order valence-electron chi connectivity index (χ0n) is 16.1. The number of carbonyl (C=O) groups is 2. The number of primary amides is 1. The lowest BCUT2D eigenvalue weighted by atomic mass is 10.1. The Balaban J connectivity index is 1.94. The summed E-state index contributed by atoms with van der Waals surface area (Å²) in [6, 6.07) is 6.83. The summed E-state index contributed by atoms with van der Waals surface area (Å²) >= 11 is 6.48. The molecule has 1 aliphatic rings. The molecule has 29 heavy (non-hydrogen) atoms. The third-order valence-corrected chi connectivity index (χ3v) is 5.33. The summed E-state index contributed by atoms with van der Waals surface area (Å²) < 4.78 is 12.8. The molecule has 0 fully saturated rings. The Bertz CT molecular complexity index is 1150. The zero-order valence-corrected chi connectivity index (χ0v) is 16.9. The smallest absolute Gasteiger partial charge is 0.267 e. The number of fused-ring (bicyclic) bond motifs is 2. The molecule has 0 atom stereocenters. The Morgan fingerprint density at radius 1 is 1.24 bits per heavy atom. The molecule has 3 heterocycles. The second-order valence-electron chi connectivity index (χ2n) is 6.94. The normalized spacial score (nSPS) is 12.5. The topological polar surface area (TPSA) is 96.4 Å².